The van der Waals surface area contributed by atoms with Crippen LogP contribution in [0.4, 0.5) is 0 Å². The van der Waals surface area contributed by atoms with E-state index in [1.54, 1.807) is 31.2 Å². The topological polar surface area (TPSA) is 63.6 Å². The van der Waals surface area contributed by atoms with Crippen LogP contribution < -0.4 is 4.74 Å². The second kappa shape index (κ2) is 5.14. The maximum atomic E-state index is 10.7. The Morgan fingerprint density at radius 1 is 1.53 bits per heavy atom. The van der Waals surface area contributed by atoms with Gasteiger partial charge in [-0.05, 0) is 18.6 Å². The lowest BCUT2D eigenvalue weighted by molar-refractivity contribution is -0.145. The van der Waals surface area contributed by atoms with Crippen molar-refractivity contribution in [2.24, 2.45) is 0 Å². The van der Waals surface area contributed by atoms with Gasteiger partial charge in [0.15, 0.2) is 12.4 Å². The second-order valence-corrected chi connectivity index (χ2v) is 3.01. The van der Waals surface area contributed by atoms with E-state index in [4.69, 9.17) is 9.84 Å². The number of carboxylic acids is 1. The SMILES string of the molecule is CC[C@@H](Oc1ccccc1C=O)C(=O)O. The van der Waals surface area contributed by atoms with Gasteiger partial charge in [-0.25, -0.2) is 4.79 Å². The summed E-state index contributed by atoms with van der Waals surface area (Å²) in [6.45, 7) is 1.71. The molecule has 4 heteroatoms. The average Bonchev–Trinajstić information content (AvgIpc) is 2.25. The minimum atomic E-state index is -1.03. The zero-order valence-corrected chi connectivity index (χ0v) is 8.34. The van der Waals surface area contributed by atoms with Gasteiger partial charge in [0.25, 0.3) is 0 Å². The minimum absolute atomic E-state index is 0.307. The van der Waals surface area contributed by atoms with E-state index >= 15 is 0 Å². The molecule has 1 N–H and O–H groups in total. The largest absolute Gasteiger partial charge is 0.479 e. The minimum Gasteiger partial charge on any atom is -0.479 e. The van der Waals surface area contributed by atoms with Crippen molar-refractivity contribution in [3.8, 4) is 5.75 Å². The molecule has 0 fully saturated rings. The first-order valence-electron chi connectivity index (χ1n) is 4.62. The highest BCUT2D eigenvalue weighted by atomic mass is 16.5. The predicted octanol–water partition coefficient (Wildman–Crippen LogP) is 1.74. The van der Waals surface area contributed by atoms with Crippen molar-refractivity contribution in [3.05, 3.63) is 29.8 Å². The number of hydrogen-bond acceptors (Lipinski definition) is 3. The van der Waals surface area contributed by atoms with Crippen molar-refractivity contribution in [1.29, 1.82) is 0 Å². The van der Waals surface area contributed by atoms with Crippen LogP contribution in [0.25, 0.3) is 0 Å². The summed E-state index contributed by atoms with van der Waals surface area (Å²) in [5.41, 5.74) is 0.359. The van der Waals surface area contributed by atoms with E-state index in [9.17, 15) is 9.59 Å². The highest BCUT2D eigenvalue weighted by molar-refractivity contribution is 5.80. The molecule has 0 spiro atoms. The van der Waals surface area contributed by atoms with Crippen molar-refractivity contribution in [2.75, 3.05) is 0 Å². The van der Waals surface area contributed by atoms with E-state index in [2.05, 4.69) is 0 Å². The summed E-state index contributed by atoms with van der Waals surface area (Å²) in [6.07, 6.45) is 0.0815. The summed E-state index contributed by atoms with van der Waals surface area (Å²) in [7, 11) is 0. The molecule has 1 aromatic carbocycles. The van der Waals surface area contributed by atoms with Crippen LogP contribution in [-0.4, -0.2) is 23.5 Å². The van der Waals surface area contributed by atoms with Gasteiger partial charge in [-0.1, -0.05) is 19.1 Å². The maximum Gasteiger partial charge on any atom is 0.344 e. The van der Waals surface area contributed by atoms with Crippen molar-refractivity contribution in [3.63, 3.8) is 0 Å². The molecule has 1 atom stereocenters. The summed E-state index contributed by atoms with van der Waals surface area (Å²) >= 11 is 0. The van der Waals surface area contributed by atoms with E-state index in [-0.39, 0.29) is 0 Å². The van der Waals surface area contributed by atoms with Crippen LogP contribution >= 0.6 is 0 Å². The molecule has 0 unspecified atom stereocenters. The van der Waals surface area contributed by atoms with Gasteiger partial charge in [0.1, 0.15) is 5.75 Å². The van der Waals surface area contributed by atoms with Gasteiger partial charge in [0.2, 0.25) is 0 Å². The molecule has 0 heterocycles. The monoisotopic (exact) mass is 208 g/mol. The Morgan fingerprint density at radius 3 is 2.73 bits per heavy atom. The van der Waals surface area contributed by atoms with Gasteiger partial charge in [-0.2, -0.15) is 0 Å². The summed E-state index contributed by atoms with van der Waals surface area (Å²) in [5, 5.41) is 8.78. The van der Waals surface area contributed by atoms with Gasteiger partial charge in [0.05, 0.1) is 5.56 Å². The smallest absolute Gasteiger partial charge is 0.344 e. The molecule has 0 aliphatic heterocycles. The molecule has 0 saturated carbocycles. The van der Waals surface area contributed by atoms with Gasteiger partial charge in [0, 0.05) is 0 Å². The summed E-state index contributed by atoms with van der Waals surface area (Å²) in [6, 6.07) is 6.54. The normalized spacial score (nSPS) is 11.8. The lowest BCUT2D eigenvalue weighted by atomic mass is 10.2. The molecule has 1 rings (SSSR count). The van der Waals surface area contributed by atoms with E-state index in [1.807, 2.05) is 0 Å². The van der Waals surface area contributed by atoms with E-state index in [0.717, 1.165) is 0 Å². The number of aliphatic carboxylic acids is 1. The Bertz CT molecular complexity index is 359. The van der Waals surface area contributed by atoms with Crippen LogP contribution in [-0.2, 0) is 4.79 Å². The highest BCUT2D eigenvalue weighted by Crippen LogP contribution is 2.18. The number of benzene rings is 1. The van der Waals surface area contributed by atoms with Crippen molar-refractivity contribution < 1.29 is 19.4 Å². The second-order valence-electron chi connectivity index (χ2n) is 3.01. The zero-order valence-electron chi connectivity index (χ0n) is 8.34. The van der Waals surface area contributed by atoms with Gasteiger partial charge >= 0.3 is 5.97 Å². The molecule has 0 aromatic heterocycles. The Morgan fingerprint density at radius 2 is 2.20 bits per heavy atom. The zero-order chi connectivity index (χ0) is 11.3. The van der Waals surface area contributed by atoms with Crippen molar-refractivity contribution in [2.45, 2.75) is 19.4 Å². The van der Waals surface area contributed by atoms with Gasteiger partial charge in [-0.3, -0.25) is 4.79 Å². The molecule has 15 heavy (non-hydrogen) atoms. The predicted molar refractivity (Wildman–Crippen MR) is 54.2 cm³/mol. The van der Waals surface area contributed by atoms with E-state index < -0.39 is 12.1 Å². The number of aldehydes is 1. The Labute approximate surface area is 87.5 Å². The molecule has 0 saturated heterocycles. The van der Waals surface area contributed by atoms with Crippen LogP contribution in [0, 0.1) is 0 Å². The quantitative estimate of drug-likeness (QED) is 0.748. The number of carboxylic acid groups (broad SMARTS) is 1. The third-order valence-electron chi connectivity index (χ3n) is 1.96. The summed E-state index contributed by atoms with van der Waals surface area (Å²) in [4.78, 5) is 21.4. The Kier molecular flexibility index (Phi) is 3.85. The molecule has 0 aliphatic rings. The first-order chi connectivity index (χ1) is 7.19. The van der Waals surface area contributed by atoms with Crippen LogP contribution in [0.2, 0.25) is 0 Å². The number of para-hydroxylation sites is 1. The third kappa shape index (κ3) is 2.80. The van der Waals surface area contributed by atoms with Crippen LogP contribution in [0.5, 0.6) is 5.75 Å². The first kappa shape index (κ1) is 11.2. The summed E-state index contributed by atoms with van der Waals surface area (Å²) in [5.74, 6) is -0.722. The van der Waals surface area contributed by atoms with Gasteiger partial charge in [-0.15, -0.1) is 0 Å². The third-order valence-corrected chi connectivity index (χ3v) is 1.96. The lowest BCUT2D eigenvalue weighted by Crippen LogP contribution is -2.26. The molecule has 0 bridgehead atoms. The molecular weight excluding hydrogens is 196 g/mol. The highest BCUT2D eigenvalue weighted by Gasteiger charge is 2.17. The number of hydrogen-bond donors (Lipinski definition) is 1. The van der Waals surface area contributed by atoms with E-state index in [0.29, 0.717) is 24.0 Å². The fourth-order valence-corrected chi connectivity index (χ4v) is 1.15. The Balaban J connectivity index is 2.87. The molecule has 0 amide bonds. The number of carbonyl (C=O) groups is 2. The van der Waals surface area contributed by atoms with Crippen LogP contribution in [0.1, 0.15) is 23.7 Å². The molecule has 80 valence electrons. The fraction of sp³-hybridized carbons (Fsp3) is 0.273. The van der Waals surface area contributed by atoms with Crippen LogP contribution in [0.3, 0.4) is 0 Å². The number of carbonyl (C=O) groups excluding carboxylic acids is 1. The van der Waals surface area contributed by atoms with Crippen LogP contribution in [0.15, 0.2) is 24.3 Å². The molecule has 4 nitrogen and oxygen atoms in total. The lowest BCUT2D eigenvalue weighted by Gasteiger charge is -2.14. The first-order valence-corrected chi connectivity index (χ1v) is 4.62. The summed E-state index contributed by atoms with van der Waals surface area (Å²) < 4.78 is 5.22. The van der Waals surface area contributed by atoms with Gasteiger partial charge < -0.3 is 9.84 Å². The molecule has 0 radical (unpaired) electrons. The average molecular weight is 208 g/mol. The molecule has 1 aromatic rings. The van der Waals surface area contributed by atoms with Crippen molar-refractivity contribution >= 4 is 12.3 Å². The Hall–Kier alpha value is -1.84. The maximum absolute atomic E-state index is 10.7. The number of ether oxygens (including phenoxy) is 1. The van der Waals surface area contributed by atoms with E-state index in [1.165, 1.54) is 0 Å². The fourth-order valence-electron chi connectivity index (χ4n) is 1.15. The molecular formula is C11H12O4. The standard InChI is InChI=1S/C11H12O4/c1-2-9(11(13)14)15-10-6-4-3-5-8(10)7-12/h3-7,9H,2H2,1H3,(H,13,14)/t9-/m1/s1. The number of rotatable bonds is 5. The molecule has 0 aliphatic carbocycles. The van der Waals surface area contributed by atoms with Crippen molar-refractivity contribution in [1.82, 2.24) is 0 Å².